The minimum absolute atomic E-state index is 0.00906. The molecule has 0 radical (unpaired) electrons. The second-order valence-corrected chi connectivity index (χ2v) is 4.43. The Hall–Kier alpha value is -1.63. The summed E-state index contributed by atoms with van der Waals surface area (Å²) in [6.07, 6.45) is -2.76. The van der Waals surface area contributed by atoms with Crippen LogP contribution in [-0.2, 0) is 15.7 Å². The van der Waals surface area contributed by atoms with Gasteiger partial charge in [0.15, 0.2) is 0 Å². The highest BCUT2D eigenvalue weighted by atomic mass is 19.4. The average molecular weight is 274 g/mol. The Morgan fingerprint density at radius 2 is 2.21 bits per heavy atom. The van der Waals surface area contributed by atoms with Gasteiger partial charge in [-0.15, -0.1) is 0 Å². The smallest absolute Gasteiger partial charge is 0.365 e. The second-order valence-electron chi connectivity index (χ2n) is 4.43. The molecule has 0 aromatic carbocycles. The first-order valence-electron chi connectivity index (χ1n) is 5.86. The van der Waals surface area contributed by atoms with Gasteiger partial charge in [0.25, 0.3) is 5.91 Å². The van der Waals surface area contributed by atoms with E-state index in [9.17, 15) is 18.0 Å². The second kappa shape index (κ2) is 5.16. The predicted octanol–water partition coefficient (Wildman–Crippen LogP) is 2.61. The third-order valence-corrected chi connectivity index (χ3v) is 2.86. The number of hydrogen-bond acceptors (Lipinski definition) is 3. The fourth-order valence-electron chi connectivity index (χ4n) is 1.88. The topological polar surface area (TPSA) is 51.2 Å². The fourth-order valence-corrected chi connectivity index (χ4v) is 1.88. The Labute approximate surface area is 108 Å². The lowest BCUT2D eigenvalue weighted by Crippen LogP contribution is -2.28. The van der Waals surface area contributed by atoms with E-state index in [1.807, 2.05) is 6.92 Å². The monoisotopic (exact) mass is 274 g/mol. The van der Waals surface area contributed by atoms with Crippen LogP contribution in [0.25, 0.3) is 0 Å². The van der Waals surface area contributed by atoms with Gasteiger partial charge in [-0.3, -0.25) is 4.79 Å². The number of anilines is 1. The van der Waals surface area contributed by atoms with Crippen LogP contribution in [0.15, 0.2) is 18.3 Å². The molecule has 2 heterocycles. The molecule has 0 unspecified atom stereocenters. The van der Waals surface area contributed by atoms with Gasteiger partial charge >= 0.3 is 6.18 Å². The van der Waals surface area contributed by atoms with Crippen molar-refractivity contribution in [3.63, 3.8) is 0 Å². The first-order valence-corrected chi connectivity index (χ1v) is 5.86. The lowest BCUT2D eigenvalue weighted by Gasteiger charge is -2.12. The molecule has 0 spiro atoms. The normalized spacial score (nSPS) is 23.4. The van der Waals surface area contributed by atoms with Crippen LogP contribution in [0.2, 0.25) is 0 Å². The molecule has 2 atom stereocenters. The highest BCUT2D eigenvalue weighted by Crippen LogP contribution is 2.30. The number of ether oxygens (including phenoxy) is 1. The summed E-state index contributed by atoms with van der Waals surface area (Å²) in [5, 5.41) is 2.34. The van der Waals surface area contributed by atoms with Crippen molar-refractivity contribution in [1.82, 2.24) is 4.98 Å². The maximum Gasteiger partial charge on any atom is 0.416 e. The summed E-state index contributed by atoms with van der Waals surface area (Å²) in [7, 11) is 0. The molecule has 0 aliphatic carbocycles. The first kappa shape index (κ1) is 13.8. The summed E-state index contributed by atoms with van der Waals surface area (Å²) in [5.41, 5.74) is -0.849. The molecule has 1 aromatic rings. The van der Waals surface area contributed by atoms with Gasteiger partial charge in [0.1, 0.15) is 11.9 Å². The molecule has 1 aliphatic heterocycles. The zero-order valence-electron chi connectivity index (χ0n) is 10.2. The van der Waals surface area contributed by atoms with E-state index < -0.39 is 23.8 Å². The van der Waals surface area contributed by atoms with Crippen molar-refractivity contribution in [2.24, 2.45) is 0 Å². The van der Waals surface area contributed by atoms with Gasteiger partial charge in [-0.2, -0.15) is 13.2 Å². The minimum Gasteiger partial charge on any atom is -0.365 e. The Morgan fingerprint density at radius 3 is 2.79 bits per heavy atom. The number of carbonyl (C=O) groups excluding carboxylic acids is 1. The average Bonchev–Trinajstić information content (AvgIpc) is 2.75. The number of alkyl halides is 3. The molecule has 1 N–H and O–H groups in total. The molecule has 0 bridgehead atoms. The number of nitrogens with zero attached hydrogens (tertiary/aromatic N) is 1. The highest BCUT2D eigenvalue weighted by Gasteiger charge is 2.32. The number of nitrogens with one attached hydrogen (secondary N) is 1. The summed E-state index contributed by atoms with van der Waals surface area (Å²) < 4.78 is 42.8. The van der Waals surface area contributed by atoms with E-state index in [4.69, 9.17) is 4.74 Å². The van der Waals surface area contributed by atoms with E-state index in [2.05, 4.69) is 10.3 Å². The van der Waals surface area contributed by atoms with Gasteiger partial charge in [0.2, 0.25) is 0 Å². The van der Waals surface area contributed by atoms with Crippen LogP contribution in [-0.4, -0.2) is 23.1 Å². The Bertz CT molecular complexity index is 476. The molecule has 1 saturated heterocycles. The lowest BCUT2D eigenvalue weighted by molar-refractivity contribution is -0.137. The van der Waals surface area contributed by atoms with Crippen molar-refractivity contribution >= 4 is 11.7 Å². The van der Waals surface area contributed by atoms with E-state index in [0.29, 0.717) is 6.42 Å². The number of hydrogen-bond donors (Lipinski definition) is 1. The van der Waals surface area contributed by atoms with Crippen LogP contribution >= 0.6 is 0 Å². The van der Waals surface area contributed by atoms with Gasteiger partial charge in [-0.05, 0) is 31.9 Å². The van der Waals surface area contributed by atoms with Crippen molar-refractivity contribution in [1.29, 1.82) is 0 Å². The van der Waals surface area contributed by atoms with Gasteiger partial charge < -0.3 is 10.1 Å². The Morgan fingerprint density at radius 1 is 1.47 bits per heavy atom. The van der Waals surface area contributed by atoms with Crippen molar-refractivity contribution < 1.29 is 22.7 Å². The maximum atomic E-state index is 12.5. The van der Waals surface area contributed by atoms with Crippen LogP contribution in [0.4, 0.5) is 19.0 Å². The molecule has 104 valence electrons. The quantitative estimate of drug-likeness (QED) is 0.901. The van der Waals surface area contributed by atoms with Gasteiger partial charge in [-0.25, -0.2) is 4.98 Å². The van der Waals surface area contributed by atoms with Crippen molar-refractivity contribution in [3.8, 4) is 0 Å². The lowest BCUT2D eigenvalue weighted by atomic mass is 10.2. The zero-order valence-corrected chi connectivity index (χ0v) is 10.2. The third kappa shape index (κ3) is 3.44. The molecule has 4 nitrogen and oxygen atoms in total. The number of rotatable bonds is 2. The SMILES string of the molecule is C[C@@H]1CC[C@@H](C(=O)Nc2cc(C(F)(F)F)ccn2)O1. The molecule has 7 heteroatoms. The standard InChI is InChI=1S/C12H13F3N2O2/c1-7-2-3-9(19-7)11(18)17-10-6-8(4-5-16-10)12(13,14)15/h4-7,9H,2-3H2,1H3,(H,16,17,18)/t7-,9+/m1/s1. The van der Waals surface area contributed by atoms with E-state index in [0.717, 1.165) is 24.8 Å². The summed E-state index contributed by atoms with van der Waals surface area (Å²) in [4.78, 5) is 15.5. The molecule has 1 aliphatic rings. The van der Waals surface area contributed by atoms with E-state index in [1.54, 1.807) is 0 Å². The van der Waals surface area contributed by atoms with Crippen LogP contribution in [0.3, 0.4) is 0 Å². The van der Waals surface area contributed by atoms with Gasteiger partial charge in [0.05, 0.1) is 11.7 Å². The van der Waals surface area contributed by atoms with E-state index >= 15 is 0 Å². The largest absolute Gasteiger partial charge is 0.416 e. The molecule has 1 amide bonds. The molecule has 1 aromatic heterocycles. The summed E-state index contributed by atoms with van der Waals surface area (Å²) in [6.45, 7) is 1.84. The Kier molecular flexibility index (Phi) is 3.75. The zero-order chi connectivity index (χ0) is 14.0. The number of aromatic nitrogens is 1. The van der Waals surface area contributed by atoms with Gasteiger partial charge in [-0.1, -0.05) is 0 Å². The van der Waals surface area contributed by atoms with Crippen LogP contribution < -0.4 is 5.32 Å². The maximum absolute atomic E-state index is 12.5. The summed E-state index contributed by atoms with van der Waals surface area (Å²) in [5.74, 6) is -0.584. The van der Waals surface area contributed by atoms with Gasteiger partial charge in [0, 0.05) is 6.20 Å². The number of amides is 1. The number of pyridine rings is 1. The van der Waals surface area contributed by atoms with Crippen LogP contribution in [0, 0.1) is 0 Å². The molecular weight excluding hydrogens is 261 g/mol. The highest BCUT2D eigenvalue weighted by molar-refractivity contribution is 5.93. The van der Waals surface area contributed by atoms with E-state index in [-0.39, 0.29) is 11.9 Å². The fraction of sp³-hybridized carbons (Fsp3) is 0.500. The first-order chi connectivity index (χ1) is 8.86. The molecule has 19 heavy (non-hydrogen) atoms. The number of carbonyl (C=O) groups is 1. The minimum atomic E-state index is -4.46. The predicted molar refractivity (Wildman–Crippen MR) is 61.4 cm³/mol. The molecule has 1 fully saturated rings. The molecular formula is C12H13F3N2O2. The van der Waals surface area contributed by atoms with Crippen molar-refractivity contribution in [2.75, 3.05) is 5.32 Å². The van der Waals surface area contributed by atoms with Crippen molar-refractivity contribution in [3.05, 3.63) is 23.9 Å². The molecule has 0 saturated carbocycles. The van der Waals surface area contributed by atoms with Crippen molar-refractivity contribution in [2.45, 2.75) is 38.1 Å². The molecule has 2 rings (SSSR count). The summed E-state index contributed by atoms with van der Waals surface area (Å²) in [6, 6.07) is 1.65. The Balaban J connectivity index is 2.05. The van der Waals surface area contributed by atoms with Crippen LogP contribution in [0.5, 0.6) is 0 Å². The van der Waals surface area contributed by atoms with E-state index in [1.165, 1.54) is 0 Å². The number of halogens is 3. The third-order valence-electron chi connectivity index (χ3n) is 2.86. The summed E-state index contributed by atoms with van der Waals surface area (Å²) >= 11 is 0. The van der Waals surface area contributed by atoms with Crippen LogP contribution in [0.1, 0.15) is 25.3 Å².